The predicted octanol–water partition coefficient (Wildman–Crippen LogP) is 2.45. The van der Waals surface area contributed by atoms with E-state index in [1.54, 1.807) is 0 Å². The smallest absolute Gasteiger partial charge is 0.134 e. The van der Waals surface area contributed by atoms with Crippen molar-refractivity contribution in [2.45, 2.75) is 40.3 Å². The molecule has 0 saturated heterocycles. The molecule has 0 aliphatic carbocycles. The number of nitrogens with zero attached hydrogens (tertiary/aromatic N) is 3. The van der Waals surface area contributed by atoms with Crippen molar-refractivity contribution >= 4 is 16.5 Å². The van der Waals surface area contributed by atoms with Crippen LogP contribution >= 0.6 is 11.5 Å². The van der Waals surface area contributed by atoms with Gasteiger partial charge in [-0.1, -0.05) is 18.3 Å². The second-order valence-electron chi connectivity index (χ2n) is 4.72. The van der Waals surface area contributed by atoms with Crippen molar-refractivity contribution < 1.29 is 0 Å². The Hall–Kier alpha value is -0.680. The minimum atomic E-state index is 0.536. The highest BCUT2D eigenvalue weighted by Crippen LogP contribution is 2.19. The first-order valence-corrected chi connectivity index (χ1v) is 6.55. The molecule has 1 rings (SSSR count). The van der Waals surface area contributed by atoms with Crippen LogP contribution in [-0.2, 0) is 6.54 Å². The first-order valence-electron chi connectivity index (χ1n) is 5.77. The molecule has 0 amide bonds. The van der Waals surface area contributed by atoms with Crippen molar-refractivity contribution in [3.05, 3.63) is 5.69 Å². The van der Waals surface area contributed by atoms with Crippen LogP contribution in [0.1, 0.15) is 33.4 Å². The van der Waals surface area contributed by atoms with Crippen LogP contribution in [0.4, 0.5) is 5.00 Å². The molecule has 0 bridgehead atoms. The van der Waals surface area contributed by atoms with Crippen LogP contribution in [-0.4, -0.2) is 34.1 Å². The van der Waals surface area contributed by atoms with Crippen LogP contribution in [0.3, 0.4) is 0 Å². The third-order valence-electron chi connectivity index (χ3n) is 2.47. The Balaban J connectivity index is 2.67. The van der Waals surface area contributed by atoms with E-state index in [9.17, 15) is 0 Å². The fourth-order valence-electron chi connectivity index (χ4n) is 1.62. The molecule has 1 heterocycles. The van der Waals surface area contributed by atoms with Crippen LogP contribution in [0.15, 0.2) is 0 Å². The van der Waals surface area contributed by atoms with Crippen molar-refractivity contribution in [2.24, 2.45) is 5.92 Å². The summed E-state index contributed by atoms with van der Waals surface area (Å²) in [5, 5.41) is 8.40. The number of aromatic nitrogens is 2. The summed E-state index contributed by atoms with van der Waals surface area (Å²) in [7, 11) is 1.92. The van der Waals surface area contributed by atoms with Crippen molar-refractivity contribution in [3.63, 3.8) is 0 Å². The minimum Gasteiger partial charge on any atom is -0.377 e. The lowest BCUT2D eigenvalue weighted by Gasteiger charge is -2.27. The zero-order valence-corrected chi connectivity index (χ0v) is 11.6. The summed E-state index contributed by atoms with van der Waals surface area (Å²) in [5.74, 6) is 0.673. The van der Waals surface area contributed by atoms with Gasteiger partial charge >= 0.3 is 0 Å². The van der Waals surface area contributed by atoms with E-state index in [1.807, 2.05) is 7.05 Å². The summed E-state index contributed by atoms with van der Waals surface area (Å²) in [6, 6.07) is 0.536. The zero-order valence-electron chi connectivity index (χ0n) is 10.8. The molecule has 0 unspecified atom stereocenters. The van der Waals surface area contributed by atoms with Crippen LogP contribution in [0.2, 0.25) is 0 Å². The van der Waals surface area contributed by atoms with Gasteiger partial charge in [0.1, 0.15) is 10.7 Å². The van der Waals surface area contributed by atoms with Gasteiger partial charge in [0.25, 0.3) is 0 Å². The molecule has 0 aliphatic heterocycles. The molecule has 5 heteroatoms. The number of hydrogen-bond acceptors (Lipinski definition) is 5. The molecule has 1 N–H and O–H groups in total. The molecule has 92 valence electrons. The van der Waals surface area contributed by atoms with Crippen LogP contribution in [0, 0.1) is 5.92 Å². The molecule has 0 spiro atoms. The topological polar surface area (TPSA) is 41.1 Å². The molecule has 0 radical (unpaired) electrons. The molecule has 0 aromatic carbocycles. The van der Waals surface area contributed by atoms with Crippen molar-refractivity contribution in [3.8, 4) is 0 Å². The molecule has 0 aliphatic rings. The van der Waals surface area contributed by atoms with Crippen LogP contribution in [0.25, 0.3) is 0 Å². The van der Waals surface area contributed by atoms with E-state index in [0.29, 0.717) is 12.0 Å². The quantitative estimate of drug-likeness (QED) is 0.832. The fourth-order valence-corrected chi connectivity index (χ4v) is 2.14. The lowest BCUT2D eigenvalue weighted by Crippen LogP contribution is -2.33. The van der Waals surface area contributed by atoms with E-state index in [1.165, 1.54) is 11.5 Å². The summed E-state index contributed by atoms with van der Waals surface area (Å²) >= 11 is 1.42. The van der Waals surface area contributed by atoms with Gasteiger partial charge in [-0.15, -0.1) is 5.10 Å². The maximum absolute atomic E-state index is 4.18. The molecule has 4 nitrogen and oxygen atoms in total. The number of rotatable bonds is 6. The molecule has 0 atom stereocenters. The maximum Gasteiger partial charge on any atom is 0.134 e. The lowest BCUT2D eigenvalue weighted by atomic mass is 10.1. The molecule has 1 aromatic heterocycles. The molecule has 0 saturated carbocycles. The van der Waals surface area contributed by atoms with E-state index in [-0.39, 0.29) is 0 Å². The first-order chi connectivity index (χ1) is 7.54. The second-order valence-corrected chi connectivity index (χ2v) is 5.47. The number of anilines is 1. The molecule has 16 heavy (non-hydrogen) atoms. The van der Waals surface area contributed by atoms with Crippen LogP contribution < -0.4 is 5.32 Å². The second kappa shape index (κ2) is 6.15. The highest BCUT2D eigenvalue weighted by molar-refractivity contribution is 7.10. The van der Waals surface area contributed by atoms with Gasteiger partial charge in [0.2, 0.25) is 0 Å². The first kappa shape index (κ1) is 13.4. The molecular weight excluding hydrogens is 220 g/mol. The largest absolute Gasteiger partial charge is 0.377 e. The Labute approximate surface area is 102 Å². The van der Waals surface area contributed by atoms with Crippen LogP contribution in [0.5, 0.6) is 0 Å². The van der Waals surface area contributed by atoms with Crippen molar-refractivity contribution in [1.82, 2.24) is 14.5 Å². The summed E-state index contributed by atoms with van der Waals surface area (Å²) in [4.78, 5) is 2.43. The van der Waals surface area contributed by atoms with E-state index in [4.69, 9.17) is 0 Å². The number of hydrogen-bond donors (Lipinski definition) is 1. The Kier molecular flexibility index (Phi) is 5.15. The Morgan fingerprint density at radius 1 is 1.31 bits per heavy atom. The van der Waals surface area contributed by atoms with Gasteiger partial charge in [-0.25, -0.2) is 0 Å². The Morgan fingerprint density at radius 2 is 2.00 bits per heavy atom. The highest BCUT2D eigenvalue weighted by atomic mass is 32.1. The normalized spacial score (nSPS) is 11.8. The van der Waals surface area contributed by atoms with E-state index in [0.717, 1.165) is 23.8 Å². The van der Waals surface area contributed by atoms with Gasteiger partial charge in [0, 0.05) is 37.7 Å². The average Bonchev–Trinajstić information content (AvgIpc) is 2.63. The molecular formula is C11H22N4S. The standard InChI is InChI=1S/C11H22N4S/c1-8(2)6-15(9(3)4)7-10-11(12-5)16-14-13-10/h8-9,12H,6-7H2,1-5H3. The molecule has 1 aromatic rings. The third-order valence-corrected chi connectivity index (χ3v) is 3.25. The van der Waals surface area contributed by atoms with Crippen molar-refractivity contribution in [1.29, 1.82) is 0 Å². The average molecular weight is 242 g/mol. The van der Waals surface area contributed by atoms with Gasteiger partial charge in [0.15, 0.2) is 0 Å². The number of nitrogens with one attached hydrogen (secondary N) is 1. The molecule has 0 fully saturated rings. The fraction of sp³-hybridized carbons (Fsp3) is 0.818. The Morgan fingerprint density at radius 3 is 2.50 bits per heavy atom. The van der Waals surface area contributed by atoms with Gasteiger partial charge in [-0.05, 0) is 19.8 Å². The van der Waals surface area contributed by atoms with Gasteiger partial charge < -0.3 is 5.32 Å². The summed E-state index contributed by atoms with van der Waals surface area (Å²) in [6.45, 7) is 10.9. The van der Waals surface area contributed by atoms with Crippen molar-refractivity contribution in [2.75, 3.05) is 18.9 Å². The maximum atomic E-state index is 4.18. The van der Waals surface area contributed by atoms with E-state index < -0.39 is 0 Å². The minimum absolute atomic E-state index is 0.536. The third kappa shape index (κ3) is 3.72. The predicted molar refractivity (Wildman–Crippen MR) is 69.8 cm³/mol. The van der Waals surface area contributed by atoms with Gasteiger partial charge in [-0.2, -0.15) is 0 Å². The highest BCUT2D eigenvalue weighted by Gasteiger charge is 2.15. The monoisotopic (exact) mass is 242 g/mol. The van der Waals surface area contributed by atoms with Gasteiger partial charge in [-0.3, -0.25) is 4.90 Å². The lowest BCUT2D eigenvalue weighted by molar-refractivity contribution is 0.187. The zero-order chi connectivity index (χ0) is 12.1. The van der Waals surface area contributed by atoms with Gasteiger partial charge in [0.05, 0.1) is 0 Å². The summed E-state index contributed by atoms with van der Waals surface area (Å²) < 4.78 is 3.99. The van der Waals surface area contributed by atoms with E-state index in [2.05, 4.69) is 47.5 Å². The summed E-state index contributed by atoms with van der Waals surface area (Å²) in [5.41, 5.74) is 1.06. The van der Waals surface area contributed by atoms with E-state index >= 15 is 0 Å². The Bertz CT molecular complexity index is 309. The SMILES string of the molecule is CNc1snnc1CN(CC(C)C)C(C)C. The summed E-state index contributed by atoms with van der Waals surface area (Å²) in [6.07, 6.45) is 0.